The van der Waals surface area contributed by atoms with Crippen molar-refractivity contribution in [2.24, 2.45) is 16.5 Å². The highest BCUT2D eigenvalue weighted by Crippen LogP contribution is 1.95. The maximum atomic E-state index is 6.06. The molecule has 0 spiro atoms. The molecule has 16 heavy (non-hydrogen) atoms. The lowest BCUT2D eigenvalue weighted by atomic mass is 10.3. The van der Waals surface area contributed by atoms with Crippen molar-refractivity contribution >= 4 is 11.9 Å². The van der Waals surface area contributed by atoms with Crippen LogP contribution in [0.1, 0.15) is 19.8 Å². The van der Waals surface area contributed by atoms with Gasteiger partial charge in [0.25, 0.3) is 0 Å². The van der Waals surface area contributed by atoms with Gasteiger partial charge in [-0.05, 0) is 6.42 Å². The second-order valence-electron chi connectivity index (χ2n) is 3.65. The normalized spacial score (nSPS) is 10.2. The van der Waals surface area contributed by atoms with Crippen LogP contribution >= 0.6 is 0 Å². The molecule has 0 saturated heterocycles. The van der Waals surface area contributed by atoms with Crippen LogP contribution in [-0.2, 0) is 0 Å². The fourth-order valence-electron chi connectivity index (χ4n) is 1.21. The molecular weight excluding hydrogens is 204 g/mol. The molecule has 0 saturated carbocycles. The lowest BCUT2D eigenvalue weighted by Crippen LogP contribution is -2.38. The molecule has 0 unspecified atom stereocenters. The predicted octanol–water partition coefficient (Wildman–Crippen LogP) is 0.104. The highest BCUT2D eigenvalue weighted by Gasteiger charge is 2.05. The van der Waals surface area contributed by atoms with Crippen LogP contribution in [0.25, 0.3) is 0 Å². The van der Waals surface area contributed by atoms with Crippen molar-refractivity contribution in [1.29, 1.82) is 5.41 Å². The molecule has 0 fully saturated rings. The van der Waals surface area contributed by atoms with E-state index in [-0.39, 0.29) is 5.96 Å². The summed E-state index contributed by atoms with van der Waals surface area (Å²) in [4.78, 5) is 8.43. The number of rotatable bonds is 3. The molecule has 0 aliphatic heterocycles. The first kappa shape index (κ1) is 17.0. The molecule has 0 aromatic heterocycles. The van der Waals surface area contributed by atoms with E-state index in [4.69, 9.17) is 5.41 Å². The van der Waals surface area contributed by atoms with Crippen molar-refractivity contribution in [2.75, 3.05) is 34.7 Å². The molecule has 0 amide bonds. The van der Waals surface area contributed by atoms with Gasteiger partial charge in [0.2, 0.25) is 0 Å². The first-order chi connectivity index (χ1) is 7.36. The molecule has 96 valence electrons. The second-order valence-corrected chi connectivity index (χ2v) is 3.65. The van der Waals surface area contributed by atoms with Crippen LogP contribution < -0.4 is 11.5 Å². The van der Waals surface area contributed by atoms with Gasteiger partial charge in [0, 0.05) is 34.7 Å². The summed E-state index contributed by atoms with van der Waals surface area (Å²) >= 11 is 0. The standard InChI is InChI=1S/C9H21N3.CH5N3/c1-6-7-8-12(5)9(10-2)11(3)4;2-1(3)4/h6-8H2,1-5H3;(H5,2,3,4)/b10-9-;. The number of aliphatic imine (C=N–C) groups is 1. The average molecular weight is 230 g/mol. The minimum Gasteiger partial charge on any atom is -0.370 e. The predicted molar refractivity (Wildman–Crippen MR) is 70.7 cm³/mol. The van der Waals surface area contributed by atoms with E-state index in [1.165, 1.54) is 12.8 Å². The highest BCUT2D eigenvalue weighted by atomic mass is 15.3. The molecule has 0 aromatic rings. The Morgan fingerprint density at radius 2 is 1.69 bits per heavy atom. The number of nitrogens with zero attached hydrogens (tertiary/aromatic N) is 3. The summed E-state index contributed by atoms with van der Waals surface area (Å²) in [5.74, 6) is 0.712. The number of hydrogen-bond acceptors (Lipinski definition) is 2. The fraction of sp³-hybridized carbons (Fsp3) is 0.800. The minimum atomic E-state index is -0.333. The van der Waals surface area contributed by atoms with Crippen molar-refractivity contribution < 1.29 is 0 Å². The van der Waals surface area contributed by atoms with Crippen LogP contribution in [0.4, 0.5) is 0 Å². The second kappa shape index (κ2) is 10.1. The van der Waals surface area contributed by atoms with Gasteiger partial charge in [-0.15, -0.1) is 0 Å². The van der Waals surface area contributed by atoms with E-state index in [1.807, 2.05) is 26.0 Å². The van der Waals surface area contributed by atoms with Gasteiger partial charge in [0.15, 0.2) is 11.9 Å². The molecule has 6 heteroatoms. The lowest BCUT2D eigenvalue weighted by Gasteiger charge is -2.25. The third-order valence-electron chi connectivity index (χ3n) is 1.79. The van der Waals surface area contributed by atoms with Gasteiger partial charge in [-0.2, -0.15) is 0 Å². The Balaban J connectivity index is 0. The van der Waals surface area contributed by atoms with Crippen LogP contribution in [0.3, 0.4) is 0 Å². The zero-order chi connectivity index (χ0) is 13.1. The van der Waals surface area contributed by atoms with Crippen LogP contribution in [-0.4, -0.2) is 56.5 Å². The first-order valence-electron chi connectivity index (χ1n) is 5.31. The molecular formula is C10H26N6. The Hall–Kier alpha value is -1.46. The van der Waals surface area contributed by atoms with Crippen LogP contribution in [0.15, 0.2) is 4.99 Å². The Morgan fingerprint density at radius 1 is 1.25 bits per heavy atom. The Labute approximate surface area is 98.8 Å². The van der Waals surface area contributed by atoms with Crippen LogP contribution in [0.5, 0.6) is 0 Å². The van der Waals surface area contributed by atoms with E-state index in [9.17, 15) is 0 Å². The summed E-state index contributed by atoms with van der Waals surface area (Å²) in [5, 5.41) is 6.06. The van der Waals surface area contributed by atoms with E-state index in [2.05, 4.69) is 35.3 Å². The van der Waals surface area contributed by atoms with Crippen molar-refractivity contribution in [3.63, 3.8) is 0 Å². The van der Waals surface area contributed by atoms with E-state index < -0.39 is 0 Å². The van der Waals surface area contributed by atoms with Gasteiger partial charge in [0.05, 0.1) is 0 Å². The lowest BCUT2D eigenvalue weighted by molar-refractivity contribution is 0.414. The molecule has 0 atom stereocenters. The first-order valence-corrected chi connectivity index (χ1v) is 5.31. The average Bonchev–Trinajstić information content (AvgIpc) is 2.14. The van der Waals surface area contributed by atoms with Crippen molar-refractivity contribution in [1.82, 2.24) is 9.80 Å². The van der Waals surface area contributed by atoms with Gasteiger partial charge < -0.3 is 21.3 Å². The molecule has 6 nitrogen and oxygen atoms in total. The maximum Gasteiger partial charge on any atom is 0.195 e. The topological polar surface area (TPSA) is 94.7 Å². The van der Waals surface area contributed by atoms with E-state index in [0.717, 1.165) is 12.5 Å². The quantitative estimate of drug-likeness (QED) is 0.473. The molecule has 0 aliphatic carbocycles. The molecule has 0 rings (SSSR count). The Kier molecular flexibility index (Phi) is 10.7. The molecule has 0 aliphatic rings. The van der Waals surface area contributed by atoms with Gasteiger partial charge in [-0.25, -0.2) is 0 Å². The number of nitrogens with two attached hydrogens (primary N) is 2. The number of hydrogen-bond donors (Lipinski definition) is 3. The molecule has 0 heterocycles. The monoisotopic (exact) mass is 230 g/mol. The van der Waals surface area contributed by atoms with Gasteiger partial charge >= 0.3 is 0 Å². The number of guanidine groups is 2. The van der Waals surface area contributed by atoms with Crippen molar-refractivity contribution in [3.05, 3.63) is 0 Å². The Morgan fingerprint density at radius 3 is 1.94 bits per heavy atom. The molecule has 0 radical (unpaired) electrons. The zero-order valence-electron chi connectivity index (χ0n) is 11.1. The molecule has 5 N–H and O–H groups in total. The maximum absolute atomic E-state index is 6.06. The van der Waals surface area contributed by atoms with Gasteiger partial charge in [0.1, 0.15) is 0 Å². The summed E-state index contributed by atoms with van der Waals surface area (Å²) < 4.78 is 0. The van der Waals surface area contributed by atoms with E-state index in [0.29, 0.717) is 0 Å². The number of unbranched alkanes of at least 4 members (excludes halogenated alkanes) is 1. The van der Waals surface area contributed by atoms with E-state index >= 15 is 0 Å². The largest absolute Gasteiger partial charge is 0.370 e. The third-order valence-corrected chi connectivity index (χ3v) is 1.79. The van der Waals surface area contributed by atoms with Gasteiger partial charge in [-0.1, -0.05) is 13.3 Å². The zero-order valence-corrected chi connectivity index (χ0v) is 11.1. The van der Waals surface area contributed by atoms with E-state index in [1.54, 1.807) is 0 Å². The molecule has 0 bridgehead atoms. The third kappa shape index (κ3) is 10.6. The minimum absolute atomic E-state index is 0.333. The summed E-state index contributed by atoms with van der Waals surface area (Å²) in [6.07, 6.45) is 2.46. The van der Waals surface area contributed by atoms with Crippen molar-refractivity contribution in [2.45, 2.75) is 19.8 Å². The van der Waals surface area contributed by atoms with Crippen molar-refractivity contribution in [3.8, 4) is 0 Å². The van der Waals surface area contributed by atoms with Crippen LogP contribution in [0, 0.1) is 5.41 Å². The Bertz CT molecular complexity index is 207. The smallest absolute Gasteiger partial charge is 0.195 e. The summed E-state index contributed by atoms with van der Waals surface area (Å²) in [7, 11) is 7.95. The van der Waals surface area contributed by atoms with Crippen LogP contribution in [0.2, 0.25) is 0 Å². The summed E-state index contributed by atoms with van der Waals surface area (Å²) in [5.41, 5.74) is 8.94. The SMILES string of the molecule is CCCCN(C)/C(=N\C)N(C)C.N=C(N)N. The van der Waals surface area contributed by atoms with Gasteiger partial charge in [-0.3, -0.25) is 10.4 Å². The highest BCUT2D eigenvalue weighted by molar-refractivity contribution is 5.79. The fourth-order valence-corrected chi connectivity index (χ4v) is 1.21. The molecule has 0 aromatic carbocycles. The summed E-state index contributed by atoms with van der Waals surface area (Å²) in [6.45, 7) is 3.29. The number of nitrogens with one attached hydrogen (secondary N) is 1. The summed E-state index contributed by atoms with van der Waals surface area (Å²) in [6, 6.07) is 0.